The smallest absolute Gasteiger partial charge is 0.325 e. The third-order valence-electron chi connectivity index (χ3n) is 2.89. The zero-order valence-electron chi connectivity index (χ0n) is 9.90. The van der Waals surface area contributed by atoms with Gasteiger partial charge in [0.25, 0.3) is 5.56 Å². The Morgan fingerprint density at radius 3 is 2.35 bits per heavy atom. The second-order valence-electron chi connectivity index (χ2n) is 3.90. The summed E-state index contributed by atoms with van der Waals surface area (Å²) in [6.45, 7) is 0. The van der Waals surface area contributed by atoms with E-state index >= 15 is 0 Å². The van der Waals surface area contributed by atoms with Crippen LogP contribution in [-0.2, 0) is 27.6 Å². The normalized spacial score (nSPS) is 11.3. The second-order valence-corrected chi connectivity index (χ2v) is 4.28. The van der Waals surface area contributed by atoms with E-state index in [-0.39, 0.29) is 11.2 Å². The van der Waals surface area contributed by atoms with Gasteiger partial charge >= 0.3 is 5.69 Å². The molecule has 2 rings (SSSR count). The molecule has 17 heavy (non-hydrogen) atoms. The molecule has 0 atom stereocenters. The van der Waals surface area contributed by atoms with Crippen molar-refractivity contribution in [2.75, 3.05) is 5.88 Å². The first-order valence-electron chi connectivity index (χ1n) is 5.16. The van der Waals surface area contributed by atoms with Crippen molar-refractivity contribution in [3.05, 3.63) is 26.7 Å². The molecule has 0 amide bonds. The van der Waals surface area contributed by atoms with Crippen LogP contribution in [-0.4, -0.2) is 24.6 Å². The lowest BCUT2D eigenvalue weighted by Crippen LogP contribution is -2.37. The molecule has 0 saturated carbocycles. The molecule has 0 fully saturated rings. The first kappa shape index (κ1) is 11.9. The lowest BCUT2D eigenvalue weighted by Gasteiger charge is -2.03. The maximum atomic E-state index is 12.0. The van der Waals surface area contributed by atoms with Gasteiger partial charge in [0, 0.05) is 33.4 Å². The summed E-state index contributed by atoms with van der Waals surface area (Å²) in [5.41, 5.74) is 0.118. The SMILES string of the molecule is Cn1c(=O)c2c(nc(CCCl)n2C)n(C)c1=O. The van der Waals surface area contributed by atoms with E-state index in [1.165, 1.54) is 11.6 Å². The van der Waals surface area contributed by atoms with Crippen LogP contribution in [0.15, 0.2) is 9.59 Å². The Kier molecular flexibility index (Phi) is 2.82. The maximum absolute atomic E-state index is 12.0. The lowest BCUT2D eigenvalue weighted by molar-refractivity contribution is 0.705. The number of nitrogens with zero attached hydrogens (tertiary/aromatic N) is 4. The first-order chi connectivity index (χ1) is 7.99. The van der Waals surface area contributed by atoms with Crippen molar-refractivity contribution >= 4 is 22.8 Å². The molecule has 0 spiro atoms. The third-order valence-corrected chi connectivity index (χ3v) is 3.08. The average molecular weight is 257 g/mol. The minimum atomic E-state index is -0.377. The van der Waals surface area contributed by atoms with E-state index in [1.54, 1.807) is 18.7 Å². The van der Waals surface area contributed by atoms with Crippen molar-refractivity contribution in [3.63, 3.8) is 0 Å². The van der Waals surface area contributed by atoms with Crippen LogP contribution in [0.4, 0.5) is 0 Å². The second kappa shape index (κ2) is 4.03. The lowest BCUT2D eigenvalue weighted by atomic mass is 10.4. The van der Waals surface area contributed by atoms with Gasteiger partial charge in [-0.05, 0) is 0 Å². The van der Waals surface area contributed by atoms with Crippen molar-refractivity contribution in [3.8, 4) is 0 Å². The molecule has 0 aliphatic carbocycles. The Bertz CT molecular complexity index is 695. The number of hydrogen-bond donors (Lipinski definition) is 0. The first-order valence-corrected chi connectivity index (χ1v) is 5.69. The summed E-state index contributed by atoms with van der Waals surface area (Å²) in [7, 11) is 4.81. The van der Waals surface area contributed by atoms with E-state index in [9.17, 15) is 9.59 Å². The number of alkyl halides is 1. The van der Waals surface area contributed by atoms with Crippen LogP contribution in [0.3, 0.4) is 0 Å². The topological polar surface area (TPSA) is 61.8 Å². The molecule has 0 aliphatic heterocycles. The minimum absolute atomic E-state index is 0.334. The molecule has 0 unspecified atom stereocenters. The predicted molar refractivity (Wildman–Crippen MR) is 65.6 cm³/mol. The Morgan fingerprint density at radius 1 is 1.12 bits per heavy atom. The number of halogens is 1. The summed E-state index contributed by atoms with van der Waals surface area (Å²) in [6, 6.07) is 0. The molecule has 0 radical (unpaired) electrons. The molecule has 6 nitrogen and oxygen atoms in total. The van der Waals surface area contributed by atoms with E-state index in [0.717, 1.165) is 4.57 Å². The number of hydrogen-bond acceptors (Lipinski definition) is 3. The van der Waals surface area contributed by atoms with Gasteiger partial charge in [0.1, 0.15) is 5.82 Å². The van der Waals surface area contributed by atoms with Crippen LogP contribution in [0.2, 0.25) is 0 Å². The maximum Gasteiger partial charge on any atom is 0.332 e. The highest BCUT2D eigenvalue weighted by Gasteiger charge is 2.16. The van der Waals surface area contributed by atoms with Crippen molar-refractivity contribution in [1.29, 1.82) is 0 Å². The van der Waals surface area contributed by atoms with Gasteiger partial charge in [-0.15, -0.1) is 11.6 Å². The van der Waals surface area contributed by atoms with Crippen LogP contribution < -0.4 is 11.2 Å². The largest absolute Gasteiger partial charge is 0.332 e. The van der Waals surface area contributed by atoms with E-state index in [0.29, 0.717) is 29.3 Å². The Balaban J connectivity index is 2.97. The molecule has 7 heteroatoms. The summed E-state index contributed by atoms with van der Waals surface area (Å²) < 4.78 is 4.14. The third kappa shape index (κ3) is 1.59. The van der Waals surface area contributed by atoms with Gasteiger partial charge in [-0.3, -0.25) is 13.9 Å². The fraction of sp³-hybridized carbons (Fsp3) is 0.500. The van der Waals surface area contributed by atoms with Gasteiger partial charge in [0.15, 0.2) is 11.2 Å². The van der Waals surface area contributed by atoms with Gasteiger partial charge in [-0.2, -0.15) is 0 Å². The van der Waals surface area contributed by atoms with Gasteiger partial charge < -0.3 is 4.57 Å². The van der Waals surface area contributed by atoms with E-state index < -0.39 is 0 Å². The van der Waals surface area contributed by atoms with Gasteiger partial charge in [-0.25, -0.2) is 9.78 Å². The molecule has 0 saturated heterocycles. The fourth-order valence-electron chi connectivity index (χ4n) is 1.87. The Morgan fingerprint density at radius 2 is 1.76 bits per heavy atom. The number of aromatic nitrogens is 4. The number of imidazole rings is 1. The number of aryl methyl sites for hydroxylation is 3. The number of rotatable bonds is 2. The molecule has 2 aromatic heterocycles. The van der Waals surface area contributed by atoms with Crippen molar-refractivity contribution in [2.24, 2.45) is 21.1 Å². The molecule has 0 N–H and O–H groups in total. The van der Waals surface area contributed by atoms with Gasteiger partial charge in [0.2, 0.25) is 0 Å². The van der Waals surface area contributed by atoms with Crippen molar-refractivity contribution in [2.45, 2.75) is 6.42 Å². The summed E-state index contributed by atoms with van der Waals surface area (Å²) in [6.07, 6.45) is 0.560. The fourth-order valence-corrected chi connectivity index (χ4v) is 2.04. The van der Waals surface area contributed by atoms with Gasteiger partial charge in [0.05, 0.1) is 0 Å². The standard InChI is InChI=1S/C10H13ClN4O2/c1-13-6(4-5-11)12-8-7(13)9(16)15(3)10(17)14(8)2/h4-5H2,1-3H3. The van der Waals surface area contributed by atoms with Crippen LogP contribution in [0, 0.1) is 0 Å². The van der Waals surface area contributed by atoms with Crippen LogP contribution >= 0.6 is 11.6 Å². The summed E-state index contributed by atoms with van der Waals surface area (Å²) >= 11 is 5.67. The molecule has 0 aliphatic rings. The number of fused-ring (bicyclic) bond motifs is 1. The van der Waals surface area contributed by atoms with Crippen LogP contribution in [0.25, 0.3) is 11.2 Å². The van der Waals surface area contributed by atoms with E-state index in [2.05, 4.69) is 4.98 Å². The molecule has 92 valence electrons. The molecular weight excluding hydrogens is 244 g/mol. The highest BCUT2D eigenvalue weighted by Crippen LogP contribution is 2.09. The quantitative estimate of drug-likeness (QED) is 0.697. The molecule has 0 aromatic carbocycles. The summed E-state index contributed by atoms with van der Waals surface area (Å²) in [4.78, 5) is 28.0. The van der Waals surface area contributed by atoms with E-state index in [1.807, 2.05) is 0 Å². The van der Waals surface area contributed by atoms with Crippen LogP contribution in [0.1, 0.15) is 5.82 Å². The molecule has 2 heterocycles. The Labute approximate surface area is 102 Å². The Hall–Kier alpha value is -1.56. The molecular formula is C10H13ClN4O2. The zero-order valence-corrected chi connectivity index (χ0v) is 10.7. The monoisotopic (exact) mass is 256 g/mol. The zero-order chi connectivity index (χ0) is 12.7. The van der Waals surface area contributed by atoms with Gasteiger partial charge in [-0.1, -0.05) is 0 Å². The van der Waals surface area contributed by atoms with E-state index in [4.69, 9.17) is 11.6 Å². The van der Waals surface area contributed by atoms with Crippen LogP contribution in [0.5, 0.6) is 0 Å². The highest BCUT2D eigenvalue weighted by atomic mass is 35.5. The molecule has 0 bridgehead atoms. The minimum Gasteiger partial charge on any atom is -0.325 e. The summed E-state index contributed by atoms with van der Waals surface area (Å²) in [5.74, 6) is 1.12. The van der Waals surface area contributed by atoms with Crippen molar-refractivity contribution in [1.82, 2.24) is 18.7 Å². The average Bonchev–Trinajstić information content (AvgIpc) is 2.62. The highest BCUT2D eigenvalue weighted by molar-refractivity contribution is 6.17. The molecule has 2 aromatic rings. The summed E-state index contributed by atoms with van der Waals surface area (Å²) in [5, 5.41) is 0. The predicted octanol–water partition coefficient (Wildman–Crippen LogP) is -0.248. The van der Waals surface area contributed by atoms with Crippen molar-refractivity contribution < 1.29 is 0 Å².